The summed E-state index contributed by atoms with van der Waals surface area (Å²) in [6.45, 7) is 5.40. The average Bonchev–Trinajstić information content (AvgIpc) is 2.61. The molecule has 3 nitrogen and oxygen atoms in total. The molecule has 1 aromatic rings. The molecule has 0 radical (unpaired) electrons. The molecule has 0 amide bonds. The zero-order chi connectivity index (χ0) is 11.3. The normalized spacial score (nSPS) is 13.4. The van der Waals surface area contributed by atoms with E-state index in [1.807, 2.05) is 24.3 Å². The van der Waals surface area contributed by atoms with Crippen molar-refractivity contribution in [3.05, 3.63) is 18.2 Å². The second-order valence-corrected chi connectivity index (χ2v) is 5.23. The van der Waals surface area contributed by atoms with Crippen LogP contribution in [0.5, 0.6) is 0 Å². The molecule has 0 fully saturated rings. The third kappa shape index (κ3) is 3.87. The fourth-order valence-corrected chi connectivity index (χ4v) is 2.02. The molecule has 0 aliphatic heterocycles. The number of rotatable bonds is 6. The van der Waals surface area contributed by atoms with Crippen molar-refractivity contribution >= 4 is 11.8 Å². The number of aryl methyl sites for hydroxylation is 1. The van der Waals surface area contributed by atoms with Crippen LogP contribution in [0.4, 0.5) is 0 Å². The SMILES string of the molecule is CSCCn1cncc1C(N)CC(C)C. The van der Waals surface area contributed by atoms with E-state index in [4.69, 9.17) is 5.73 Å². The van der Waals surface area contributed by atoms with Crippen LogP contribution < -0.4 is 5.73 Å². The van der Waals surface area contributed by atoms with Crippen molar-refractivity contribution in [2.24, 2.45) is 11.7 Å². The van der Waals surface area contributed by atoms with Crippen LogP contribution in [0.1, 0.15) is 32.0 Å². The predicted octanol–water partition coefficient (Wildman–Crippen LogP) is 2.29. The van der Waals surface area contributed by atoms with E-state index in [2.05, 4.69) is 29.7 Å². The Morgan fingerprint density at radius 3 is 2.87 bits per heavy atom. The van der Waals surface area contributed by atoms with Gasteiger partial charge in [0.2, 0.25) is 0 Å². The standard InChI is InChI=1S/C11H21N3S/c1-9(2)6-10(12)11-7-13-8-14(11)4-5-15-3/h7-10H,4-6,12H2,1-3H3. The minimum absolute atomic E-state index is 0.120. The van der Waals surface area contributed by atoms with E-state index in [9.17, 15) is 0 Å². The van der Waals surface area contributed by atoms with Gasteiger partial charge in [-0.3, -0.25) is 0 Å². The van der Waals surface area contributed by atoms with Crippen molar-refractivity contribution in [2.45, 2.75) is 32.9 Å². The molecule has 1 heterocycles. The summed E-state index contributed by atoms with van der Waals surface area (Å²) >= 11 is 1.84. The van der Waals surface area contributed by atoms with Gasteiger partial charge in [0.1, 0.15) is 0 Å². The van der Waals surface area contributed by atoms with E-state index in [1.54, 1.807) is 0 Å². The highest BCUT2D eigenvalue weighted by Crippen LogP contribution is 2.18. The van der Waals surface area contributed by atoms with Gasteiger partial charge in [0.05, 0.1) is 12.0 Å². The van der Waals surface area contributed by atoms with E-state index in [1.165, 1.54) is 0 Å². The highest BCUT2D eigenvalue weighted by atomic mass is 32.2. The third-order valence-electron chi connectivity index (χ3n) is 2.39. The largest absolute Gasteiger partial charge is 0.332 e. The quantitative estimate of drug-likeness (QED) is 0.811. The van der Waals surface area contributed by atoms with Gasteiger partial charge in [-0.05, 0) is 18.6 Å². The van der Waals surface area contributed by atoms with E-state index in [0.29, 0.717) is 5.92 Å². The second kappa shape index (κ2) is 6.18. The van der Waals surface area contributed by atoms with Gasteiger partial charge in [-0.15, -0.1) is 0 Å². The Balaban J connectivity index is 2.62. The second-order valence-electron chi connectivity index (χ2n) is 4.24. The van der Waals surface area contributed by atoms with Gasteiger partial charge >= 0.3 is 0 Å². The van der Waals surface area contributed by atoms with Crippen LogP contribution in [0.15, 0.2) is 12.5 Å². The summed E-state index contributed by atoms with van der Waals surface area (Å²) in [7, 11) is 0. The molecule has 0 bridgehead atoms. The van der Waals surface area contributed by atoms with Crippen LogP contribution >= 0.6 is 11.8 Å². The molecule has 1 rings (SSSR count). The molecule has 0 saturated carbocycles. The molecule has 1 aromatic heterocycles. The number of nitrogens with zero attached hydrogens (tertiary/aromatic N) is 2. The maximum absolute atomic E-state index is 6.15. The van der Waals surface area contributed by atoms with E-state index in [-0.39, 0.29) is 6.04 Å². The Hall–Kier alpha value is -0.480. The van der Waals surface area contributed by atoms with Crippen LogP contribution in [0.3, 0.4) is 0 Å². The first kappa shape index (κ1) is 12.6. The van der Waals surface area contributed by atoms with Crippen molar-refractivity contribution < 1.29 is 0 Å². The van der Waals surface area contributed by atoms with Gasteiger partial charge in [0.15, 0.2) is 0 Å². The van der Waals surface area contributed by atoms with Crippen molar-refractivity contribution in [1.82, 2.24) is 9.55 Å². The van der Waals surface area contributed by atoms with Gasteiger partial charge in [-0.2, -0.15) is 11.8 Å². The molecule has 0 saturated heterocycles. The van der Waals surface area contributed by atoms with Gasteiger partial charge in [-0.25, -0.2) is 4.98 Å². The fourth-order valence-electron chi connectivity index (χ4n) is 1.64. The third-order valence-corrected chi connectivity index (χ3v) is 2.98. The van der Waals surface area contributed by atoms with Gasteiger partial charge in [0.25, 0.3) is 0 Å². The predicted molar refractivity (Wildman–Crippen MR) is 67.0 cm³/mol. The number of hydrogen-bond acceptors (Lipinski definition) is 3. The minimum Gasteiger partial charge on any atom is -0.332 e. The number of imidazole rings is 1. The zero-order valence-electron chi connectivity index (χ0n) is 9.81. The first-order valence-corrected chi connectivity index (χ1v) is 6.79. The molecule has 0 aliphatic carbocycles. The van der Waals surface area contributed by atoms with Crippen LogP contribution in [-0.4, -0.2) is 21.6 Å². The van der Waals surface area contributed by atoms with Gasteiger partial charge in [-0.1, -0.05) is 13.8 Å². The maximum Gasteiger partial charge on any atom is 0.0948 e. The Labute approximate surface area is 96.5 Å². The van der Waals surface area contributed by atoms with Crippen LogP contribution in [0.2, 0.25) is 0 Å². The van der Waals surface area contributed by atoms with Crippen molar-refractivity contribution in [1.29, 1.82) is 0 Å². The molecule has 0 aliphatic rings. The van der Waals surface area contributed by atoms with Crippen molar-refractivity contribution in [3.63, 3.8) is 0 Å². The van der Waals surface area contributed by atoms with Gasteiger partial charge in [0, 0.05) is 24.5 Å². The van der Waals surface area contributed by atoms with E-state index < -0.39 is 0 Å². The lowest BCUT2D eigenvalue weighted by Crippen LogP contribution is -2.17. The van der Waals surface area contributed by atoms with E-state index >= 15 is 0 Å². The Morgan fingerprint density at radius 1 is 1.53 bits per heavy atom. The van der Waals surface area contributed by atoms with Gasteiger partial charge < -0.3 is 10.3 Å². The summed E-state index contributed by atoms with van der Waals surface area (Å²) in [5, 5.41) is 0. The smallest absolute Gasteiger partial charge is 0.0948 e. The molecule has 1 unspecified atom stereocenters. The summed E-state index contributed by atoms with van der Waals surface area (Å²) < 4.78 is 2.17. The summed E-state index contributed by atoms with van der Waals surface area (Å²) in [5.41, 5.74) is 7.31. The molecule has 0 aromatic carbocycles. The lowest BCUT2D eigenvalue weighted by molar-refractivity contribution is 0.487. The maximum atomic E-state index is 6.15. The number of hydrogen-bond donors (Lipinski definition) is 1. The highest BCUT2D eigenvalue weighted by molar-refractivity contribution is 7.98. The first-order valence-electron chi connectivity index (χ1n) is 5.39. The Morgan fingerprint density at radius 2 is 2.27 bits per heavy atom. The molecule has 15 heavy (non-hydrogen) atoms. The van der Waals surface area contributed by atoms with Crippen molar-refractivity contribution in [3.8, 4) is 0 Å². The molecule has 2 N–H and O–H groups in total. The Bertz CT molecular complexity index is 283. The lowest BCUT2D eigenvalue weighted by Gasteiger charge is -2.16. The van der Waals surface area contributed by atoms with Crippen LogP contribution in [0, 0.1) is 5.92 Å². The molecular formula is C11H21N3S. The summed E-state index contributed by atoms with van der Waals surface area (Å²) in [5.74, 6) is 1.74. The van der Waals surface area contributed by atoms with Crippen LogP contribution in [0.25, 0.3) is 0 Å². The summed E-state index contributed by atoms with van der Waals surface area (Å²) in [4.78, 5) is 4.18. The molecule has 0 spiro atoms. The minimum atomic E-state index is 0.120. The highest BCUT2D eigenvalue weighted by Gasteiger charge is 2.12. The van der Waals surface area contributed by atoms with Crippen molar-refractivity contribution in [2.75, 3.05) is 12.0 Å². The summed E-state index contributed by atoms with van der Waals surface area (Å²) in [6.07, 6.45) is 6.91. The number of thioether (sulfide) groups is 1. The summed E-state index contributed by atoms with van der Waals surface area (Å²) in [6, 6.07) is 0.120. The lowest BCUT2D eigenvalue weighted by atomic mass is 10.0. The molecule has 86 valence electrons. The monoisotopic (exact) mass is 227 g/mol. The zero-order valence-corrected chi connectivity index (χ0v) is 10.6. The van der Waals surface area contributed by atoms with E-state index in [0.717, 1.165) is 24.4 Å². The first-order chi connectivity index (χ1) is 7.15. The number of nitrogens with two attached hydrogens (primary N) is 1. The van der Waals surface area contributed by atoms with Crippen LogP contribution in [-0.2, 0) is 6.54 Å². The molecule has 1 atom stereocenters. The average molecular weight is 227 g/mol. The fraction of sp³-hybridized carbons (Fsp3) is 0.727. The molecular weight excluding hydrogens is 206 g/mol. The molecule has 4 heteroatoms. The number of aromatic nitrogens is 2. The topological polar surface area (TPSA) is 43.8 Å². The Kier molecular flexibility index (Phi) is 5.19.